The summed E-state index contributed by atoms with van der Waals surface area (Å²) in [5.41, 5.74) is 7.47. The summed E-state index contributed by atoms with van der Waals surface area (Å²) in [5, 5.41) is 0. The molecule has 0 radical (unpaired) electrons. The predicted molar refractivity (Wildman–Crippen MR) is 96.8 cm³/mol. The maximum absolute atomic E-state index is 5.37. The Morgan fingerprint density at radius 1 is 0.696 bits per heavy atom. The minimum atomic E-state index is 0.409. The average Bonchev–Trinajstić information content (AvgIpc) is 3.04. The minimum absolute atomic E-state index is 0.409. The van der Waals surface area contributed by atoms with Gasteiger partial charge in [0, 0.05) is 0 Å². The van der Waals surface area contributed by atoms with E-state index >= 15 is 0 Å². The molecule has 0 aliphatic heterocycles. The molecule has 3 heteroatoms. The van der Waals surface area contributed by atoms with Crippen molar-refractivity contribution < 1.29 is 9.47 Å². The van der Waals surface area contributed by atoms with Crippen molar-refractivity contribution in [1.29, 1.82) is 0 Å². The summed E-state index contributed by atoms with van der Waals surface area (Å²) >= 11 is 0.409. The summed E-state index contributed by atoms with van der Waals surface area (Å²) in [7, 11) is 3.43. The van der Waals surface area contributed by atoms with Gasteiger partial charge in [-0.25, -0.2) is 0 Å². The van der Waals surface area contributed by atoms with Crippen LogP contribution in [0.1, 0.15) is 11.1 Å². The van der Waals surface area contributed by atoms with Gasteiger partial charge in [-0.05, 0) is 0 Å². The molecule has 0 spiro atoms. The monoisotopic (exact) mass is 372 g/mol. The van der Waals surface area contributed by atoms with E-state index in [1.165, 1.54) is 22.3 Å². The van der Waals surface area contributed by atoms with Crippen LogP contribution in [0.5, 0.6) is 11.5 Å². The van der Waals surface area contributed by atoms with E-state index in [2.05, 4.69) is 48.0 Å². The number of hydrogen-bond acceptors (Lipinski definition) is 2. The molecule has 0 aliphatic rings. The van der Waals surface area contributed by atoms with Crippen molar-refractivity contribution in [1.82, 2.24) is 0 Å². The van der Waals surface area contributed by atoms with Crippen molar-refractivity contribution >= 4 is 14.5 Å². The van der Waals surface area contributed by atoms with Crippen LogP contribution in [0.25, 0.3) is 22.3 Å². The fourth-order valence-corrected chi connectivity index (χ4v) is 4.65. The Morgan fingerprint density at radius 3 is 1.48 bits per heavy atom. The van der Waals surface area contributed by atoms with Gasteiger partial charge in [-0.3, -0.25) is 0 Å². The normalized spacial score (nSPS) is 10.6. The van der Waals surface area contributed by atoms with Crippen molar-refractivity contribution in [3.8, 4) is 33.8 Å². The molecule has 0 aliphatic carbocycles. The molecule has 0 N–H and O–H groups in total. The van der Waals surface area contributed by atoms with Gasteiger partial charge in [0.1, 0.15) is 0 Å². The van der Waals surface area contributed by atoms with E-state index in [0.717, 1.165) is 22.6 Å². The molecule has 0 fully saturated rings. The van der Waals surface area contributed by atoms with E-state index in [0.29, 0.717) is 14.5 Å². The molecule has 23 heavy (non-hydrogen) atoms. The summed E-state index contributed by atoms with van der Waals surface area (Å²) in [6.07, 6.45) is 0. The van der Waals surface area contributed by atoms with Gasteiger partial charge in [-0.2, -0.15) is 0 Å². The van der Waals surface area contributed by atoms with Crippen LogP contribution in [0.2, 0.25) is 0 Å². The Bertz CT molecular complexity index is 765. The SMILES string of the molecule is COc1ccc(-c2c[se]cc2-c2ccc(OC)c(C)c2)cc1C. The zero-order chi connectivity index (χ0) is 16.4. The van der Waals surface area contributed by atoms with Crippen molar-refractivity contribution in [2.45, 2.75) is 13.8 Å². The predicted octanol–water partition coefficient (Wildman–Crippen LogP) is 4.71. The van der Waals surface area contributed by atoms with Crippen LogP contribution in [-0.4, -0.2) is 28.7 Å². The number of hydrogen-bond donors (Lipinski definition) is 0. The summed E-state index contributed by atoms with van der Waals surface area (Å²) < 4.78 is 10.7. The van der Waals surface area contributed by atoms with Gasteiger partial charge >= 0.3 is 143 Å². The van der Waals surface area contributed by atoms with Gasteiger partial charge in [0.25, 0.3) is 0 Å². The third-order valence-electron chi connectivity index (χ3n) is 4.07. The number of methoxy groups -OCH3 is 2. The molecule has 0 atom stereocenters. The number of rotatable bonds is 4. The van der Waals surface area contributed by atoms with Gasteiger partial charge in [0.2, 0.25) is 0 Å². The molecule has 2 aromatic carbocycles. The first-order chi connectivity index (χ1) is 11.1. The Kier molecular flexibility index (Phi) is 4.61. The van der Waals surface area contributed by atoms with Crippen molar-refractivity contribution in [2.75, 3.05) is 14.2 Å². The molecule has 3 aromatic rings. The summed E-state index contributed by atoms with van der Waals surface area (Å²) in [4.78, 5) is 4.70. The molecule has 3 rings (SSSR count). The van der Waals surface area contributed by atoms with E-state index in [4.69, 9.17) is 9.47 Å². The zero-order valence-electron chi connectivity index (χ0n) is 13.8. The van der Waals surface area contributed by atoms with Gasteiger partial charge < -0.3 is 0 Å². The molecule has 1 heterocycles. The number of aryl methyl sites for hydroxylation is 2. The molecular weight excluding hydrogens is 351 g/mol. The molecule has 0 bridgehead atoms. The Morgan fingerprint density at radius 2 is 1.13 bits per heavy atom. The fourth-order valence-electron chi connectivity index (χ4n) is 2.84. The first-order valence-corrected chi connectivity index (χ1v) is 9.48. The van der Waals surface area contributed by atoms with Gasteiger partial charge in [0.15, 0.2) is 0 Å². The molecular formula is C20H20O2Se. The Balaban J connectivity index is 2.06. The molecule has 2 nitrogen and oxygen atoms in total. The first-order valence-electron chi connectivity index (χ1n) is 7.50. The van der Waals surface area contributed by atoms with Gasteiger partial charge in [-0.15, -0.1) is 0 Å². The average molecular weight is 371 g/mol. The molecule has 0 saturated heterocycles. The third kappa shape index (κ3) is 3.08. The fraction of sp³-hybridized carbons (Fsp3) is 0.200. The van der Waals surface area contributed by atoms with Crippen LogP contribution in [0.15, 0.2) is 46.3 Å². The van der Waals surface area contributed by atoms with E-state index in [1.807, 2.05) is 12.1 Å². The van der Waals surface area contributed by atoms with Crippen LogP contribution in [0.4, 0.5) is 0 Å². The van der Waals surface area contributed by atoms with Gasteiger partial charge in [-0.1, -0.05) is 0 Å². The molecule has 0 amide bonds. The second-order valence-corrected chi connectivity index (χ2v) is 7.13. The Hall–Kier alpha value is -1.96. The first kappa shape index (κ1) is 15.9. The van der Waals surface area contributed by atoms with E-state index in [9.17, 15) is 0 Å². The maximum atomic E-state index is 5.37. The van der Waals surface area contributed by atoms with Crippen LogP contribution in [-0.2, 0) is 0 Å². The zero-order valence-corrected chi connectivity index (χ0v) is 15.6. The van der Waals surface area contributed by atoms with E-state index in [1.54, 1.807) is 14.2 Å². The van der Waals surface area contributed by atoms with Gasteiger partial charge in [0.05, 0.1) is 0 Å². The molecule has 1 aromatic heterocycles. The molecule has 0 saturated carbocycles. The van der Waals surface area contributed by atoms with Crippen molar-refractivity contribution in [3.05, 3.63) is 57.4 Å². The van der Waals surface area contributed by atoms with Crippen molar-refractivity contribution in [2.24, 2.45) is 0 Å². The summed E-state index contributed by atoms with van der Waals surface area (Å²) in [6.45, 7) is 4.17. The van der Waals surface area contributed by atoms with E-state index < -0.39 is 0 Å². The second kappa shape index (κ2) is 6.65. The van der Waals surface area contributed by atoms with Crippen LogP contribution in [0.3, 0.4) is 0 Å². The van der Waals surface area contributed by atoms with Crippen LogP contribution < -0.4 is 9.47 Å². The topological polar surface area (TPSA) is 18.5 Å². The summed E-state index contributed by atoms with van der Waals surface area (Å²) in [5.74, 6) is 1.87. The summed E-state index contributed by atoms with van der Waals surface area (Å²) in [6, 6.07) is 12.8. The molecule has 0 unspecified atom stereocenters. The third-order valence-corrected chi connectivity index (χ3v) is 5.63. The number of ether oxygens (including phenoxy) is 2. The Labute approximate surface area is 143 Å². The molecule has 118 valence electrons. The van der Waals surface area contributed by atoms with Crippen molar-refractivity contribution in [3.63, 3.8) is 0 Å². The standard InChI is InChI=1S/C20H20O2Se/c1-13-9-15(5-7-19(13)21-3)17-11-23-12-18(17)16-6-8-20(22-4)14(2)10-16/h5-12H,1-4H3. The van der Waals surface area contributed by atoms with Crippen LogP contribution >= 0.6 is 0 Å². The second-order valence-electron chi connectivity index (χ2n) is 5.57. The van der Waals surface area contributed by atoms with Crippen LogP contribution in [0, 0.1) is 13.8 Å². The quantitative estimate of drug-likeness (QED) is 0.619. The van der Waals surface area contributed by atoms with E-state index in [-0.39, 0.29) is 0 Å². The number of benzene rings is 2.